The summed E-state index contributed by atoms with van der Waals surface area (Å²) in [5.74, 6) is -2.81. The third kappa shape index (κ3) is 9.69. The first-order chi connectivity index (χ1) is 22.6. The second kappa shape index (κ2) is 16.9. The van der Waals surface area contributed by atoms with Crippen molar-refractivity contribution in [1.82, 2.24) is 14.7 Å². The van der Waals surface area contributed by atoms with E-state index in [0.717, 1.165) is 6.42 Å². The van der Waals surface area contributed by atoms with Crippen molar-refractivity contribution in [2.24, 2.45) is 17.8 Å². The van der Waals surface area contributed by atoms with Gasteiger partial charge in [-0.05, 0) is 60.5 Å². The zero-order chi connectivity index (χ0) is 37.2. The van der Waals surface area contributed by atoms with E-state index in [9.17, 15) is 34.4 Å². The molecule has 0 unspecified atom stereocenters. The van der Waals surface area contributed by atoms with Crippen LogP contribution in [0, 0.1) is 17.8 Å². The van der Waals surface area contributed by atoms with Crippen molar-refractivity contribution in [3.8, 4) is 0 Å². The maximum atomic E-state index is 14.4. The standard InChI is InChI=1S/C27H48FN3O7.C8H16O3/c1-14-11-27(5,36)23(38-26-22(33)19(29(6)7)9-15(2)37-26)16(3)21(32)17(4)24(34)31-13-18(28)10-20(31)25(35)30(8)12-14;1-6-7(9)8(2,10-3)4-5-11-6/h14-23,26,32-33,36H,9-13H2,1-8H3;6-7,9H,4-5H2,1-3H3/t14-,15-,16+,17-,18-,19+,20+,21+,22-,23-,26+,27-;6-,7-,8+/m10/s1. The summed E-state index contributed by atoms with van der Waals surface area (Å²) in [6, 6.07) is -1.16. The number of aliphatic hydroxyl groups is 4. The van der Waals surface area contributed by atoms with E-state index in [-0.39, 0.29) is 56.0 Å². The molecule has 0 bridgehead atoms. The van der Waals surface area contributed by atoms with Gasteiger partial charge in [-0.2, -0.15) is 0 Å². The first-order valence-electron chi connectivity index (χ1n) is 17.7. The number of hydrogen-bond donors (Lipinski definition) is 4. The van der Waals surface area contributed by atoms with E-state index in [2.05, 4.69) is 0 Å². The number of carbonyl (C=O) groups is 2. The first-order valence-corrected chi connectivity index (χ1v) is 17.7. The van der Waals surface area contributed by atoms with Crippen molar-refractivity contribution in [1.29, 1.82) is 0 Å². The average Bonchev–Trinajstić information content (AvgIpc) is 3.42. The molecule has 15 atom stereocenters. The highest BCUT2D eigenvalue weighted by molar-refractivity contribution is 5.89. The van der Waals surface area contributed by atoms with E-state index in [1.54, 1.807) is 34.9 Å². The van der Waals surface area contributed by atoms with Crippen molar-refractivity contribution < 1.29 is 53.4 Å². The van der Waals surface area contributed by atoms with Crippen molar-refractivity contribution in [2.75, 3.05) is 47.9 Å². The van der Waals surface area contributed by atoms with Crippen molar-refractivity contribution in [3.05, 3.63) is 0 Å². The lowest BCUT2D eigenvalue weighted by Gasteiger charge is -2.46. The minimum absolute atomic E-state index is 0.0761. The summed E-state index contributed by atoms with van der Waals surface area (Å²) in [5, 5.41) is 43.9. The van der Waals surface area contributed by atoms with Gasteiger partial charge in [0.05, 0.1) is 48.1 Å². The molecule has 0 saturated carbocycles. The monoisotopic (exact) mass is 705 g/mol. The molecule has 0 spiro atoms. The van der Waals surface area contributed by atoms with Crippen molar-refractivity contribution >= 4 is 11.8 Å². The Kier molecular flexibility index (Phi) is 14.5. The largest absolute Gasteiger partial charge is 0.392 e. The van der Waals surface area contributed by atoms with Crippen LogP contribution in [0.25, 0.3) is 0 Å². The Bertz CT molecular complexity index is 1100. The van der Waals surface area contributed by atoms with Crippen LogP contribution in [0.5, 0.6) is 0 Å². The number of fused-ring (bicyclic) bond motifs is 1. The number of hydrogen-bond acceptors (Lipinski definition) is 11. The van der Waals surface area contributed by atoms with E-state index in [1.807, 2.05) is 46.7 Å². The lowest BCUT2D eigenvalue weighted by Crippen LogP contribution is -2.59. The number of ether oxygens (including phenoxy) is 4. The Balaban J connectivity index is 0.000000501. The van der Waals surface area contributed by atoms with Crippen LogP contribution in [0.2, 0.25) is 0 Å². The number of methoxy groups -OCH3 is 1. The van der Waals surface area contributed by atoms with E-state index >= 15 is 0 Å². The predicted molar refractivity (Wildman–Crippen MR) is 180 cm³/mol. The van der Waals surface area contributed by atoms with Gasteiger partial charge in [0, 0.05) is 52.1 Å². The summed E-state index contributed by atoms with van der Waals surface area (Å²) in [6.45, 7) is 13.2. The lowest BCUT2D eigenvalue weighted by molar-refractivity contribution is -0.299. The summed E-state index contributed by atoms with van der Waals surface area (Å²) in [5.41, 5.74) is -1.92. The molecular weight excluding hydrogens is 641 g/mol. The van der Waals surface area contributed by atoms with Crippen molar-refractivity contribution in [2.45, 2.75) is 147 Å². The molecule has 0 aromatic rings. The molecule has 13 nitrogen and oxygen atoms in total. The summed E-state index contributed by atoms with van der Waals surface area (Å²) in [4.78, 5) is 31.3. The smallest absolute Gasteiger partial charge is 0.245 e. The minimum Gasteiger partial charge on any atom is -0.392 e. The third-order valence-electron chi connectivity index (χ3n) is 11.1. The highest BCUT2D eigenvalue weighted by atomic mass is 19.1. The van der Waals surface area contributed by atoms with Gasteiger partial charge in [0.25, 0.3) is 0 Å². The molecule has 0 aromatic carbocycles. The number of carbonyl (C=O) groups excluding carboxylic acids is 2. The highest BCUT2D eigenvalue weighted by Crippen LogP contribution is 2.37. The van der Waals surface area contributed by atoms with E-state index in [0.29, 0.717) is 13.0 Å². The van der Waals surface area contributed by atoms with Gasteiger partial charge in [0.2, 0.25) is 11.8 Å². The van der Waals surface area contributed by atoms with Crippen LogP contribution >= 0.6 is 0 Å². The van der Waals surface area contributed by atoms with Crippen LogP contribution in [0.4, 0.5) is 4.39 Å². The van der Waals surface area contributed by atoms with Gasteiger partial charge in [-0.15, -0.1) is 0 Å². The second-order valence-corrected chi connectivity index (χ2v) is 15.8. The topological polar surface area (TPSA) is 162 Å². The normalized spacial score (nSPS) is 45.9. The number of rotatable bonds is 4. The molecule has 4 rings (SSSR count). The van der Waals surface area contributed by atoms with E-state index < -0.39 is 71.9 Å². The molecule has 2 amide bonds. The molecule has 4 fully saturated rings. The second-order valence-electron chi connectivity index (χ2n) is 15.8. The molecular formula is C35H64FN3O10. The Morgan fingerprint density at radius 1 is 0.980 bits per heavy atom. The zero-order valence-electron chi connectivity index (χ0n) is 31.4. The highest BCUT2D eigenvalue weighted by Gasteiger charge is 2.50. The molecule has 0 radical (unpaired) electrons. The lowest BCUT2D eigenvalue weighted by atomic mass is 9.78. The number of amides is 2. The predicted octanol–water partition coefficient (Wildman–Crippen LogP) is 1.18. The van der Waals surface area contributed by atoms with E-state index in [4.69, 9.17) is 18.9 Å². The van der Waals surface area contributed by atoms with E-state index in [1.165, 1.54) is 9.80 Å². The Morgan fingerprint density at radius 3 is 2.18 bits per heavy atom. The molecule has 0 aliphatic carbocycles. The minimum atomic E-state index is -1.50. The molecule has 4 saturated heterocycles. The number of aliphatic hydroxyl groups excluding tert-OH is 3. The fourth-order valence-electron chi connectivity index (χ4n) is 8.04. The van der Waals surface area contributed by atoms with Gasteiger partial charge in [0.1, 0.15) is 24.4 Å². The average molecular weight is 706 g/mol. The molecule has 4 aliphatic heterocycles. The molecule has 4 aliphatic rings. The maximum absolute atomic E-state index is 14.4. The number of likely N-dealkylation sites (N-methyl/N-ethyl adjacent to an activating group) is 2. The van der Waals surface area contributed by atoms with Crippen LogP contribution in [-0.4, -0.2) is 167 Å². The van der Waals surface area contributed by atoms with Crippen LogP contribution in [-0.2, 0) is 28.5 Å². The SMILES string of the molecule is CO[C@]1(C)CCO[C@@H](C)[C@@H]1O.C[C@H]1CN(C)C(=O)[C@@H]2C[C@@H](F)CN2C(=O)[C@H](C)[C@@H](O)[C@H](C)[C@@H](O[C@@H]2O[C@H](C)C[C@H](N(C)C)[C@H]2O)[C@](C)(O)C1. The number of alkyl halides is 1. The Morgan fingerprint density at radius 2 is 1.61 bits per heavy atom. The third-order valence-corrected chi connectivity index (χ3v) is 11.1. The first kappa shape index (κ1) is 41.9. The molecule has 14 heteroatoms. The summed E-state index contributed by atoms with van der Waals surface area (Å²) in [7, 11) is 6.97. The van der Waals surface area contributed by atoms with Gasteiger partial charge in [-0.1, -0.05) is 20.8 Å². The summed E-state index contributed by atoms with van der Waals surface area (Å²) >= 11 is 0. The van der Waals surface area contributed by atoms with Crippen LogP contribution in [0.3, 0.4) is 0 Å². The number of halogens is 1. The molecule has 0 aromatic heterocycles. The van der Waals surface area contributed by atoms with Crippen LogP contribution < -0.4 is 0 Å². The fourth-order valence-corrected chi connectivity index (χ4v) is 8.04. The number of nitrogens with zero attached hydrogens (tertiary/aromatic N) is 3. The summed E-state index contributed by atoms with van der Waals surface area (Å²) < 4.78 is 37.2. The van der Waals surface area contributed by atoms with Gasteiger partial charge in [0.15, 0.2) is 6.29 Å². The molecule has 4 heterocycles. The fraction of sp³-hybridized carbons (Fsp3) is 0.943. The van der Waals surface area contributed by atoms with Gasteiger partial charge >= 0.3 is 0 Å². The van der Waals surface area contributed by atoms with Crippen molar-refractivity contribution in [3.63, 3.8) is 0 Å². The molecule has 286 valence electrons. The quantitative estimate of drug-likeness (QED) is 0.333. The van der Waals surface area contributed by atoms with Gasteiger partial charge in [-0.3, -0.25) is 9.59 Å². The van der Waals surface area contributed by atoms with Crippen LogP contribution in [0.1, 0.15) is 74.1 Å². The molecule has 4 N–H and O–H groups in total. The molecule has 49 heavy (non-hydrogen) atoms. The zero-order valence-corrected chi connectivity index (χ0v) is 31.4. The maximum Gasteiger partial charge on any atom is 0.245 e. The summed E-state index contributed by atoms with van der Waals surface area (Å²) in [6.07, 6.45) is -5.02. The Hall–Kier alpha value is -1.49. The van der Waals surface area contributed by atoms with Crippen LogP contribution in [0.15, 0.2) is 0 Å². The van der Waals surface area contributed by atoms with Gasteiger partial charge in [-0.25, -0.2) is 4.39 Å². The van der Waals surface area contributed by atoms with Gasteiger partial charge < -0.3 is 54.1 Å². The Labute approximate surface area is 292 Å².